The summed E-state index contributed by atoms with van der Waals surface area (Å²) in [6.45, 7) is 10.2. The van der Waals surface area contributed by atoms with E-state index in [1.165, 1.54) is 19.3 Å². The number of halogens is 2. The van der Waals surface area contributed by atoms with Gasteiger partial charge in [-0.2, -0.15) is 0 Å². The molecule has 3 rings (SSSR count). The van der Waals surface area contributed by atoms with Crippen LogP contribution in [0.1, 0.15) is 47.0 Å². The van der Waals surface area contributed by atoms with Crippen molar-refractivity contribution in [2.75, 3.05) is 6.61 Å². The van der Waals surface area contributed by atoms with Crippen LogP contribution in [-0.4, -0.2) is 29.6 Å². The quantitative estimate of drug-likeness (QED) is 0.639. The fourth-order valence-electron chi connectivity index (χ4n) is 4.95. The summed E-state index contributed by atoms with van der Waals surface area (Å²) in [4.78, 5) is 2.75. The maximum atomic E-state index is 6.17. The van der Waals surface area contributed by atoms with E-state index in [9.17, 15) is 0 Å². The van der Waals surface area contributed by atoms with E-state index in [2.05, 4.69) is 32.6 Å². The maximum Gasteiger partial charge on any atom is 0.120 e. The van der Waals surface area contributed by atoms with Gasteiger partial charge in [-0.15, -0.1) is 0 Å². The first kappa shape index (κ1) is 18.4. The third kappa shape index (κ3) is 3.57. The van der Waals surface area contributed by atoms with Gasteiger partial charge in [0, 0.05) is 30.1 Å². The van der Waals surface area contributed by atoms with Crippen molar-refractivity contribution in [1.29, 1.82) is 0 Å². The number of hydrogen-bond acceptors (Lipinski definition) is 2. The molecule has 1 aromatic carbocycles. The van der Waals surface area contributed by atoms with Crippen LogP contribution in [0.5, 0.6) is 5.75 Å². The molecular formula is C20H29Cl2NO. The molecule has 0 aliphatic carbocycles. The Morgan fingerprint density at radius 2 is 1.88 bits per heavy atom. The predicted octanol–water partition coefficient (Wildman–Crippen LogP) is 5.91. The molecule has 4 heteroatoms. The molecule has 4 atom stereocenters. The molecule has 134 valence electrons. The molecule has 24 heavy (non-hydrogen) atoms. The van der Waals surface area contributed by atoms with E-state index >= 15 is 0 Å². The highest BCUT2D eigenvalue weighted by atomic mass is 35.5. The third-order valence-corrected chi connectivity index (χ3v) is 6.71. The van der Waals surface area contributed by atoms with Gasteiger partial charge in [-0.1, -0.05) is 37.0 Å². The molecule has 0 N–H and O–H groups in total. The zero-order valence-electron chi connectivity index (χ0n) is 15.1. The zero-order chi connectivity index (χ0) is 17.4. The Bertz CT molecular complexity index is 575. The fraction of sp³-hybridized carbons (Fsp3) is 0.700. The Labute approximate surface area is 156 Å². The SMILES string of the molecule is CC(C)C1CC2CCC(C1COc1ccc(Cl)c(Cl)c1)N2C(C)C. The van der Waals surface area contributed by atoms with Crippen LogP contribution < -0.4 is 4.74 Å². The summed E-state index contributed by atoms with van der Waals surface area (Å²) in [5.74, 6) is 2.84. The number of hydrogen-bond donors (Lipinski definition) is 0. The Kier molecular flexibility index (Phi) is 5.68. The second-order valence-corrected chi connectivity index (χ2v) is 8.85. The van der Waals surface area contributed by atoms with Crippen molar-refractivity contribution < 1.29 is 4.74 Å². The van der Waals surface area contributed by atoms with Crippen molar-refractivity contribution in [2.24, 2.45) is 17.8 Å². The molecule has 1 aromatic rings. The largest absolute Gasteiger partial charge is 0.493 e. The normalized spacial score (nSPS) is 30.3. The summed E-state index contributed by atoms with van der Waals surface area (Å²) >= 11 is 12.1. The monoisotopic (exact) mass is 369 g/mol. The standard InChI is InChI=1S/C20H29Cl2NO/c1-12(2)16-9-14-5-8-20(23(14)13(3)4)17(16)11-24-15-6-7-18(21)19(22)10-15/h6-7,10,12-14,16-17,20H,5,8-9,11H2,1-4H3. The summed E-state index contributed by atoms with van der Waals surface area (Å²) in [5, 5.41) is 1.13. The molecule has 0 aromatic heterocycles. The number of nitrogens with zero attached hydrogens (tertiary/aromatic N) is 1. The highest BCUT2D eigenvalue weighted by molar-refractivity contribution is 6.42. The molecule has 0 amide bonds. The zero-order valence-corrected chi connectivity index (χ0v) is 16.6. The van der Waals surface area contributed by atoms with Gasteiger partial charge in [-0.05, 0) is 57.1 Å². The lowest BCUT2D eigenvalue weighted by Gasteiger charge is -2.48. The molecule has 2 saturated heterocycles. The van der Waals surface area contributed by atoms with Crippen LogP contribution in [-0.2, 0) is 0 Å². The van der Waals surface area contributed by atoms with Crippen molar-refractivity contribution in [1.82, 2.24) is 4.90 Å². The molecule has 2 nitrogen and oxygen atoms in total. The molecule has 2 aliphatic heterocycles. The minimum atomic E-state index is 0.558. The van der Waals surface area contributed by atoms with Crippen LogP contribution in [0.25, 0.3) is 0 Å². The first-order valence-electron chi connectivity index (χ1n) is 9.23. The van der Waals surface area contributed by atoms with Crippen molar-refractivity contribution in [3.8, 4) is 5.75 Å². The highest BCUT2D eigenvalue weighted by Crippen LogP contribution is 2.46. The van der Waals surface area contributed by atoms with Gasteiger partial charge in [-0.3, -0.25) is 4.90 Å². The van der Waals surface area contributed by atoms with Gasteiger partial charge in [0.05, 0.1) is 16.7 Å². The minimum absolute atomic E-state index is 0.558. The lowest BCUT2D eigenvalue weighted by molar-refractivity contribution is -0.0132. The number of ether oxygens (including phenoxy) is 1. The number of rotatable bonds is 5. The molecule has 0 saturated carbocycles. The molecule has 2 heterocycles. The van der Waals surface area contributed by atoms with E-state index in [-0.39, 0.29) is 0 Å². The predicted molar refractivity (Wildman–Crippen MR) is 102 cm³/mol. The van der Waals surface area contributed by atoms with Crippen molar-refractivity contribution >= 4 is 23.2 Å². The van der Waals surface area contributed by atoms with Gasteiger partial charge in [0.2, 0.25) is 0 Å². The van der Waals surface area contributed by atoms with Gasteiger partial charge in [0.25, 0.3) is 0 Å². The van der Waals surface area contributed by atoms with Crippen molar-refractivity contribution in [2.45, 2.75) is 65.1 Å². The van der Waals surface area contributed by atoms with Gasteiger partial charge in [-0.25, -0.2) is 0 Å². The first-order valence-corrected chi connectivity index (χ1v) is 9.99. The summed E-state index contributed by atoms with van der Waals surface area (Å²) in [6.07, 6.45) is 3.96. The lowest BCUT2D eigenvalue weighted by Crippen LogP contribution is -2.54. The van der Waals surface area contributed by atoms with Crippen LogP contribution >= 0.6 is 23.2 Å². The summed E-state index contributed by atoms with van der Waals surface area (Å²) < 4.78 is 6.17. The topological polar surface area (TPSA) is 12.5 Å². The molecule has 4 unspecified atom stereocenters. The molecular weight excluding hydrogens is 341 g/mol. The molecule has 0 radical (unpaired) electrons. The van der Waals surface area contributed by atoms with Gasteiger partial charge >= 0.3 is 0 Å². The maximum absolute atomic E-state index is 6.17. The highest BCUT2D eigenvalue weighted by Gasteiger charge is 2.48. The molecule has 2 bridgehead atoms. The molecule has 2 aliphatic rings. The lowest BCUT2D eigenvalue weighted by atomic mass is 9.74. The second-order valence-electron chi connectivity index (χ2n) is 8.03. The van der Waals surface area contributed by atoms with E-state index in [1.807, 2.05) is 18.2 Å². The Morgan fingerprint density at radius 3 is 2.50 bits per heavy atom. The van der Waals surface area contributed by atoms with Gasteiger partial charge in [0.1, 0.15) is 5.75 Å². The van der Waals surface area contributed by atoms with Crippen LogP contribution in [0.4, 0.5) is 0 Å². The number of benzene rings is 1. The Morgan fingerprint density at radius 1 is 1.12 bits per heavy atom. The van der Waals surface area contributed by atoms with E-state index in [1.54, 1.807) is 0 Å². The average molecular weight is 370 g/mol. The van der Waals surface area contributed by atoms with Crippen molar-refractivity contribution in [3.63, 3.8) is 0 Å². The van der Waals surface area contributed by atoms with Crippen LogP contribution in [0, 0.1) is 17.8 Å². The van der Waals surface area contributed by atoms with Crippen LogP contribution in [0.15, 0.2) is 18.2 Å². The Balaban J connectivity index is 1.76. The fourth-order valence-corrected chi connectivity index (χ4v) is 5.23. The minimum Gasteiger partial charge on any atom is -0.493 e. The molecule has 2 fully saturated rings. The average Bonchev–Trinajstić information content (AvgIpc) is 2.85. The van der Waals surface area contributed by atoms with Crippen molar-refractivity contribution in [3.05, 3.63) is 28.2 Å². The van der Waals surface area contributed by atoms with Gasteiger partial charge in [0.15, 0.2) is 0 Å². The second kappa shape index (κ2) is 7.43. The Hall–Kier alpha value is -0.440. The molecule has 0 spiro atoms. The van der Waals surface area contributed by atoms with Crippen LogP contribution in [0.3, 0.4) is 0 Å². The van der Waals surface area contributed by atoms with E-state index in [4.69, 9.17) is 27.9 Å². The summed E-state index contributed by atoms with van der Waals surface area (Å²) in [7, 11) is 0. The summed E-state index contributed by atoms with van der Waals surface area (Å²) in [6, 6.07) is 7.59. The summed E-state index contributed by atoms with van der Waals surface area (Å²) in [5.41, 5.74) is 0. The van der Waals surface area contributed by atoms with Gasteiger partial charge < -0.3 is 4.74 Å². The third-order valence-electron chi connectivity index (χ3n) is 5.97. The number of fused-ring (bicyclic) bond motifs is 2. The van der Waals surface area contributed by atoms with E-state index in [0.29, 0.717) is 34.0 Å². The van der Waals surface area contributed by atoms with E-state index < -0.39 is 0 Å². The van der Waals surface area contributed by atoms with Crippen LogP contribution in [0.2, 0.25) is 10.0 Å². The first-order chi connectivity index (χ1) is 11.4. The van der Waals surface area contributed by atoms with E-state index in [0.717, 1.165) is 24.3 Å². The number of piperidine rings is 1. The smallest absolute Gasteiger partial charge is 0.120 e.